The Hall–Kier alpha value is -1.49. The number of fused-ring (bicyclic) bond motifs is 1. The molecule has 2 N–H and O–H groups in total. The number of hydrogen-bond donors (Lipinski definition) is 2. The Morgan fingerprint density at radius 2 is 2.28 bits per heavy atom. The van der Waals surface area contributed by atoms with E-state index in [-0.39, 0.29) is 6.42 Å². The summed E-state index contributed by atoms with van der Waals surface area (Å²) in [6.45, 7) is 2.06. The average Bonchev–Trinajstić information content (AvgIpc) is 2.70. The zero-order chi connectivity index (χ0) is 13.0. The van der Waals surface area contributed by atoms with Crippen molar-refractivity contribution in [2.24, 2.45) is 0 Å². The van der Waals surface area contributed by atoms with Gasteiger partial charge in [0, 0.05) is 17.9 Å². The zero-order valence-corrected chi connectivity index (χ0v) is 11.1. The summed E-state index contributed by atoms with van der Waals surface area (Å²) in [4.78, 5) is 18.1. The van der Waals surface area contributed by atoms with Crippen molar-refractivity contribution in [2.45, 2.75) is 19.8 Å². The van der Waals surface area contributed by atoms with Crippen LogP contribution in [-0.4, -0.2) is 32.5 Å². The Kier molecular flexibility index (Phi) is 4.25. The van der Waals surface area contributed by atoms with Crippen LogP contribution >= 0.6 is 11.8 Å². The molecule has 0 saturated carbocycles. The SMILES string of the molecule is Cc1ccc2nc(CCSCCC(=O)O)[nH]c2c1. The van der Waals surface area contributed by atoms with Crippen molar-refractivity contribution < 1.29 is 9.90 Å². The van der Waals surface area contributed by atoms with Gasteiger partial charge in [0.2, 0.25) is 0 Å². The predicted octanol–water partition coefficient (Wildman–Crippen LogP) is 2.62. The number of nitrogens with zero attached hydrogens (tertiary/aromatic N) is 1. The van der Waals surface area contributed by atoms with E-state index in [0.29, 0.717) is 5.75 Å². The van der Waals surface area contributed by atoms with E-state index in [1.165, 1.54) is 5.56 Å². The van der Waals surface area contributed by atoms with Gasteiger partial charge in [-0.05, 0) is 24.6 Å². The Labute approximate surface area is 110 Å². The number of aliphatic carboxylic acids is 1. The molecule has 96 valence electrons. The van der Waals surface area contributed by atoms with Crippen LogP contribution in [0.2, 0.25) is 0 Å². The first-order valence-electron chi connectivity index (χ1n) is 5.90. The standard InChI is InChI=1S/C13H16N2O2S/c1-9-2-3-10-11(8-9)15-12(14-10)4-6-18-7-5-13(16)17/h2-3,8H,4-7H2,1H3,(H,14,15)(H,16,17). The van der Waals surface area contributed by atoms with Crippen molar-refractivity contribution in [1.82, 2.24) is 9.97 Å². The fourth-order valence-electron chi connectivity index (χ4n) is 1.73. The third kappa shape index (κ3) is 3.50. The van der Waals surface area contributed by atoms with Crippen LogP contribution in [0.15, 0.2) is 18.2 Å². The Morgan fingerprint density at radius 1 is 1.44 bits per heavy atom. The van der Waals surface area contributed by atoms with Crippen LogP contribution in [0, 0.1) is 6.92 Å². The van der Waals surface area contributed by atoms with Crippen molar-refractivity contribution in [2.75, 3.05) is 11.5 Å². The molecule has 0 spiro atoms. The van der Waals surface area contributed by atoms with E-state index in [1.807, 2.05) is 6.07 Å². The third-order valence-electron chi connectivity index (χ3n) is 2.63. The van der Waals surface area contributed by atoms with E-state index in [2.05, 4.69) is 29.0 Å². The molecule has 1 heterocycles. The highest BCUT2D eigenvalue weighted by Gasteiger charge is 2.03. The molecule has 0 amide bonds. The van der Waals surface area contributed by atoms with Gasteiger partial charge >= 0.3 is 5.97 Å². The molecular weight excluding hydrogens is 248 g/mol. The molecule has 0 aliphatic carbocycles. The molecule has 4 nitrogen and oxygen atoms in total. The minimum Gasteiger partial charge on any atom is -0.481 e. The van der Waals surface area contributed by atoms with Gasteiger partial charge in [0.05, 0.1) is 17.5 Å². The molecule has 2 rings (SSSR count). The van der Waals surface area contributed by atoms with Crippen molar-refractivity contribution in [3.05, 3.63) is 29.6 Å². The molecule has 0 saturated heterocycles. The largest absolute Gasteiger partial charge is 0.481 e. The first-order valence-corrected chi connectivity index (χ1v) is 7.05. The van der Waals surface area contributed by atoms with Gasteiger partial charge in [0.25, 0.3) is 0 Å². The van der Waals surface area contributed by atoms with Gasteiger partial charge in [-0.25, -0.2) is 4.98 Å². The van der Waals surface area contributed by atoms with E-state index in [1.54, 1.807) is 11.8 Å². The number of thioether (sulfide) groups is 1. The summed E-state index contributed by atoms with van der Waals surface area (Å²) in [5.41, 5.74) is 3.28. The molecule has 1 aromatic heterocycles. The third-order valence-corrected chi connectivity index (χ3v) is 3.62. The molecule has 0 bridgehead atoms. The number of carbonyl (C=O) groups is 1. The lowest BCUT2D eigenvalue weighted by Gasteiger charge is -1.97. The highest BCUT2D eigenvalue weighted by Crippen LogP contribution is 2.14. The second kappa shape index (κ2) is 5.91. The van der Waals surface area contributed by atoms with Gasteiger partial charge < -0.3 is 10.1 Å². The van der Waals surface area contributed by atoms with E-state index < -0.39 is 5.97 Å². The number of carboxylic acids is 1. The number of aromatic amines is 1. The molecule has 0 radical (unpaired) electrons. The highest BCUT2D eigenvalue weighted by molar-refractivity contribution is 7.99. The average molecular weight is 264 g/mol. The summed E-state index contributed by atoms with van der Waals surface area (Å²) in [6.07, 6.45) is 1.07. The van der Waals surface area contributed by atoms with Crippen LogP contribution in [0.25, 0.3) is 11.0 Å². The van der Waals surface area contributed by atoms with E-state index in [0.717, 1.165) is 29.0 Å². The monoisotopic (exact) mass is 264 g/mol. The van der Waals surface area contributed by atoms with Gasteiger partial charge in [-0.1, -0.05) is 6.07 Å². The number of H-pyrrole nitrogens is 1. The topological polar surface area (TPSA) is 66.0 Å². The first kappa shape index (κ1) is 13.0. The Balaban J connectivity index is 1.86. The number of aryl methyl sites for hydroxylation is 2. The quantitative estimate of drug-likeness (QED) is 0.787. The number of benzene rings is 1. The van der Waals surface area contributed by atoms with Gasteiger partial charge in [-0.2, -0.15) is 11.8 Å². The fraction of sp³-hybridized carbons (Fsp3) is 0.385. The van der Waals surface area contributed by atoms with Crippen LogP contribution in [0.4, 0.5) is 0 Å². The van der Waals surface area contributed by atoms with Crippen LogP contribution < -0.4 is 0 Å². The summed E-state index contributed by atoms with van der Waals surface area (Å²) >= 11 is 1.65. The summed E-state index contributed by atoms with van der Waals surface area (Å²) in [6, 6.07) is 6.15. The molecule has 0 aliphatic heterocycles. The Morgan fingerprint density at radius 3 is 3.06 bits per heavy atom. The van der Waals surface area contributed by atoms with Crippen molar-refractivity contribution in [3.8, 4) is 0 Å². The van der Waals surface area contributed by atoms with E-state index in [4.69, 9.17) is 5.11 Å². The van der Waals surface area contributed by atoms with Gasteiger partial charge in [-0.15, -0.1) is 0 Å². The lowest BCUT2D eigenvalue weighted by molar-refractivity contribution is -0.136. The second-order valence-electron chi connectivity index (χ2n) is 4.21. The van der Waals surface area contributed by atoms with Crippen LogP contribution in [0.3, 0.4) is 0 Å². The maximum Gasteiger partial charge on any atom is 0.304 e. The smallest absolute Gasteiger partial charge is 0.304 e. The summed E-state index contributed by atoms with van der Waals surface area (Å²) in [7, 11) is 0. The minimum atomic E-state index is -0.735. The van der Waals surface area contributed by atoms with Gasteiger partial charge in [0.15, 0.2) is 0 Å². The van der Waals surface area contributed by atoms with E-state index in [9.17, 15) is 4.79 Å². The fourth-order valence-corrected chi connectivity index (χ4v) is 2.59. The second-order valence-corrected chi connectivity index (χ2v) is 5.43. The number of rotatable bonds is 6. The molecular formula is C13H16N2O2S. The lowest BCUT2D eigenvalue weighted by atomic mass is 10.2. The van der Waals surface area contributed by atoms with Gasteiger partial charge in [-0.3, -0.25) is 4.79 Å². The molecule has 0 aliphatic rings. The summed E-state index contributed by atoms with van der Waals surface area (Å²) in [5.74, 6) is 1.79. The molecule has 1 aromatic carbocycles. The normalized spacial score (nSPS) is 10.9. The number of aromatic nitrogens is 2. The summed E-state index contributed by atoms with van der Waals surface area (Å²) < 4.78 is 0. The predicted molar refractivity (Wildman–Crippen MR) is 74.1 cm³/mol. The molecule has 0 unspecified atom stereocenters. The maximum absolute atomic E-state index is 10.3. The number of hydrogen-bond acceptors (Lipinski definition) is 3. The maximum atomic E-state index is 10.3. The van der Waals surface area contributed by atoms with E-state index >= 15 is 0 Å². The number of nitrogens with one attached hydrogen (secondary N) is 1. The molecule has 0 fully saturated rings. The zero-order valence-electron chi connectivity index (χ0n) is 10.3. The molecule has 18 heavy (non-hydrogen) atoms. The molecule has 5 heteroatoms. The van der Waals surface area contributed by atoms with Crippen LogP contribution in [0.5, 0.6) is 0 Å². The first-order chi connectivity index (χ1) is 8.65. The van der Waals surface area contributed by atoms with Crippen molar-refractivity contribution in [3.63, 3.8) is 0 Å². The molecule has 0 atom stereocenters. The highest BCUT2D eigenvalue weighted by atomic mass is 32.2. The lowest BCUT2D eigenvalue weighted by Crippen LogP contribution is -1.98. The minimum absolute atomic E-state index is 0.226. The van der Waals surface area contributed by atoms with Crippen molar-refractivity contribution in [1.29, 1.82) is 0 Å². The summed E-state index contributed by atoms with van der Waals surface area (Å²) in [5, 5.41) is 8.52. The number of carboxylic acid groups (broad SMARTS) is 1. The van der Waals surface area contributed by atoms with Crippen molar-refractivity contribution >= 4 is 28.8 Å². The van der Waals surface area contributed by atoms with Crippen LogP contribution in [0.1, 0.15) is 17.8 Å². The molecule has 2 aromatic rings. The number of imidazole rings is 1. The van der Waals surface area contributed by atoms with Gasteiger partial charge in [0.1, 0.15) is 5.82 Å². The van der Waals surface area contributed by atoms with Crippen LogP contribution in [-0.2, 0) is 11.2 Å². The Bertz CT molecular complexity index is 551.